The van der Waals surface area contributed by atoms with E-state index >= 15 is 0 Å². The van der Waals surface area contributed by atoms with E-state index in [0.29, 0.717) is 10.6 Å². The number of carbonyl (C=O) groups excluding carboxylic acids is 3. The molecule has 1 heterocycles. The Morgan fingerprint density at radius 1 is 1.17 bits per heavy atom. The summed E-state index contributed by atoms with van der Waals surface area (Å²) in [7, 11) is 1.22. The van der Waals surface area contributed by atoms with Gasteiger partial charge in [-0.05, 0) is 36.6 Å². The molecule has 0 spiro atoms. The smallest absolute Gasteiger partial charge is 0.346 e. The van der Waals surface area contributed by atoms with Gasteiger partial charge in [0.25, 0.3) is 5.91 Å². The third-order valence-electron chi connectivity index (χ3n) is 2.92. The summed E-state index contributed by atoms with van der Waals surface area (Å²) in [6, 6.07) is 9.78. The van der Waals surface area contributed by atoms with Crippen molar-refractivity contribution in [2.45, 2.75) is 13.0 Å². The van der Waals surface area contributed by atoms with Gasteiger partial charge in [0.1, 0.15) is 0 Å². The predicted octanol–water partition coefficient (Wildman–Crippen LogP) is 2.72. The lowest BCUT2D eigenvalue weighted by Crippen LogP contribution is -2.25. The SMILES string of the molecule is COC(=O)C(C)OC(=O)c1cccc(NC(=O)c2cccs2)c1. The molecule has 1 atom stereocenters. The van der Waals surface area contributed by atoms with Crippen LogP contribution < -0.4 is 5.32 Å². The molecule has 1 N–H and O–H groups in total. The molecule has 0 fully saturated rings. The molecule has 6 nitrogen and oxygen atoms in total. The normalized spacial score (nSPS) is 11.4. The van der Waals surface area contributed by atoms with Crippen LogP contribution in [-0.2, 0) is 14.3 Å². The van der Waals surface area contributed by atoms with Crippen LogP contribution in [0.3, 0.4) is 0 Å². The van der Waals surface area contributed by atoms with Crippen LogP contribution >= 0.6 is 11.3 Å². The van der Waals surface area contributed by atoms with Gasteiger partial charge in [0, 0.05) is 5.69 Å². The number of ether oxygens (including phenoxy) is 2. The highest BCUT2D eigenvalue weighted by Gasteiger charge is 2.19. The Balaban J connectivity index is 2.06. The second kappa shape index (κ2) is 7.55. The van der Waals surface area contributed by atoms with Crippen LogP contribution in [-0.4, -0.2) is 31.1 Å². The molecule has 0 radical (unpaired) electrons. The molecule has 0 bridgehead atoms. The highest BCUT2D eigenvalue weighted by atomic mass is 32.1. The topological polar surface area (TPSA) is 81.7 Å². The van der Waals surface area contributed by atoms with E-state index in [4.69, 9.17) is 4.74 Å². The van der Waals surface area contributed by atoms with Gasteiger partial charge in [-0.15, -0.1) is 11.3 Å². The summed E-state index contributed by atoms with van der Waals surface area (Å²) in [5, 5.41) is 4.50. The summed E-state index contributed by atoms with van der Waals surface area (Å²) in [5.74, 6) is -1.57. The average Bonchev–Trinajstić information content (AvgIpc) is 3.08. The number of benzene rings is 1. The van der Waals surface area contributed by atoms with Crippen LogP contribution in [0, 0.1) is 0 Å². The maximum Gasteiger partial charge on any atom is 0.346 e. The molecule has 1 unspecified atom stereocenters. The fraction of sp³-hybridized carbons (Fsp3) is 0.188. The van der Waals surface area contributed by atoms with Crippen LogP contribution in [0.25, 0.3) is 0 Å². The van der Waals surface area contributed by atoms with E-state index in [0.717, 1.165) is 0 Å². The molecule has 1 aromatic heterocycles. The van der Waals surface area contributed by atoms with E-state index < -0.39 is 18.0 Å². The maximum atomic E-state index is 12.0. The quantitative estimate of drug-likeness (QED) is 0.851. The third-order valence-corrected chi connectivity index (χ3v) is 3.79. The van der Waals surface area contributed by atoms with E-state index in [1.165, 1.54) is 37.5 Å². The Morgan fingerprint density at radius 3 is 2.61 bits per heavy atom. The minimum absolute atomic E-state index is 0.227. The van der Waals surface area contributed by atoms with Crippen molar-refractivity contribution in [2.24, 2.45) is 0 Å². The van der Waals surface area contributed by atoms with Crippen LogP contribution in [0.1, 0.15) is 27.0 Å². The van der Waals surface area contributed by atoms with Crippen LogP contribution in [0.15, 0.2) is 41.8 Å². The number of amides is 1. The van der Waals surface area contributed by atoms with Crippen molar-refractivity contribution in [3.63, 3.8) is 0 Å². The first-order chi connectivity index (χ1) is 11.0. The molecule has 23 heavy (non-hydrogen) atoms. The Labute approximate surface area is 137 Å². The Bertz CT molecular complexity index is 711. The van der Waals surface area contributed by atoms with E-state index in [1.54, 1.807) is 29.6 Å². The summed E-state index contributed by atoms with van der Waals surface area (Å²) < 4.78 is 9.49. The van der Waals surface area contributed by atoms with Gasteiger partial charge in [-0.3, -0.25) is 4.79 Å². The standard InChI is InChI=1S/C16H15NO5S/c1-10(15(19)21-2)22-16(20)11-5-3-6-12(9-11)17-14(18)13-7-4-8-23-13/h3-10H,1-2H3,(H,17,18). The van der Waals surface area contributed by atoms with Gasteiger partial charge in [-0.2, -0.15) is 0 Å². The summed E-state index contributed by atoms with van der Waals surface area (Å²) in [4.78, 5) is 35.8. The van der Waals surface area contributed by atoms with Gasteiger partial charge in [0.15, 0.2) is 6.10 Å². The van der Waals surface area contributed by atoms with Crippen LogP contribution in [0.5, 0.6) is 0 Å². The molecule has 120 valence electrons. The van der Waals surface area contributed by atoms with Crippen molar-refractivity contribution in [1.82, 2.24) is 0 Å². The number of carbonyl (C=O) groups is 3. The minimum atomic E-state index is -1.00. The average molecular weight is 333 g/mol. The molecule has 1 aromatic carbocycles. The Kier molecular flexibility index (Phi) is 5.48. The van der Waals surface area contributed by atoms with Crippen LogP contribution in [0.4, 0.5) is 5.69 Å². The second-order valence-corrected chi connectivity index (χ2v) is 5.53. The summed E-state index contributed by atoms with van der Waals surface area (Å²) in [6.07, 6.45) is -1.00. The summed E-state index contributed by atoms with van der Waals surface area (Å²) >= 11 is 1.32. The molecule has 7 heteroatoms. The number of nitrogens with one attached hydrogen (secondary N) is 1. The largest absolute Gasteiger partial charge is 0.466 e. The molecule has 0 saturated carbocycles. The molecule has 0 saturated heterocycles. The minimum Gasteiger partial charge on any atom is -0.466 e. The van der Waals surface area contributed by atoms with E-state index in [-0.39, 0.29) is 11.5 Å². The molecule has 1 amide bonds. The highest BCUT2D eigenvalue weighted by molar-refractivity contribution is 7.12. The van der Waals surface area contributed by atoms with Gasteiger partial charge in [-0.1, -0.05) is 12.1 Å². The zero-order valence-electron chi connectivity index (χ0n) is 12.6. The maximum absolute atomic E-state index is 12.0. The summed E-state index contributed by atoms with van der Waals surface area (Å²) in [6.45, 7) is 1.42. The van der Waals surface area contributed by atoms with Crippen molar-refractivity contribution >= 4 is 34.9 Å². The molecule has 0 aliphatic rings. The van der Waals surface area contributed by atoms with Gasteiger partial charge in [0.2, 0.25) is 0 Å². The van der Waals surface area contributed by atoms with E-state index in [2.05, 4.69) is 10.1 Å². The highest BCUT2D eigenvalue weighted by Crippen LogP contribution is 2.16. The van der Waals surface area contributed by atoms with Crippen molar-refractivity contribution < 1.29 is 23.9 Å². The number of rotatable bonds is 5. The van der Waals surface area contributed by atoms with Crippen molar-refractivity contribution in [2.75, 3.05) is 12.4 Å². The number of anilines is 1. The molecular weight excluding hydrogens is 318 g/mol. The predicted molar refractivity (Wildman–Crippen MR) is 85.6 cm³/mol. The van der Waals surface area contributed by atoms with Gasteiger partial charge in [0.05, 0.1) is 17.6 Å². The first-order valence-corrected chi connectivity index (χ1v) is 7.63. The van der Waals surface area contributed by atoms with Gasteiger partial charge in [-0.25, -0.2) is 9.59 Å². The number of methoxy groups -OCH3 is 1. The first-order valence-electron chi connectivity index (χ1n) is 6.75. The first kappa shape index (κ1) is 16.7. The zero-order valence-corrected chi connectivity index (χ0v) is 13.4. The fourth-order valence-electron chi connectivity index (χ4n) is 1.77. The third kappa shape index (κ3) is 4.40. The van der Waals surface area contributed by atoms with Crippen molar-refractivity contribution in [3.8, 4) is 0 Å². The number of esters is 2. The van der Waals surface area contributed by atoms with Gasteiger partial charge >= 0.3 is 11.9 Å². The van der Waals surface area contributed by atoms with E-state index in [1.807, 2.05) is 0 Å². The van der Waals surface area contributed by atoms with E-state index in [9.17, 15) is 14.4 Å². The second-order valence-electron chi connectivity index (χ2n) is 4.58. The molecular formula is C16H15NO5S. The fourth-order valence-corrected chi connectivity index (χ4v) is 2.39. The number of thiophene rings is 1. The summed E-state index contributed by atoms with van der Waals surface area (Å²) in [5.41, 5.74) is 0.688. The monoisotopic (exact) mass is 333 g/mol. The van der Waals surface area contributed by atoms with Gasteiger partial charge < -0.3 is 14.8 Å². The number of hydrogen-bond donors (Lipinski definition) is 1. The Hall–Kier alpha value is -2.67. The number of hydrogen-bond acceptors (Lipinski definition) is 6. The molecule has 2 rings (SSSR count). The van der Waals surface area contributed by atoms with Crippen molar-refractivity contribution in [3.05, 3.63) is 52.2 Å². The zero-order chi connectivity index (χ0) is 16.8. The molecule has 0 aliphatic heterocycles. The lowest BCUT2D eigenvalue weighted by atomic mass is 10.2. The lowest BCUT2D eigenvalue weighted by molar-refractivity contribution is -0.149. The van der Waals surface area contributed by atoms with Crippen LogP contribution in [0.2, 0.25) is 0 Å². The van der Waals surface area contributed by atoms with Crippen molar-refractivity contribution in [1.29, 1.82) is 0 Å². The lowest BCUT2D eigenvalue weighted by Gasteiger charge is -2.11. The Morgan fingerprint density at radius 2 is 1.96 bits per heavy atom. The molecule has 2 aromatic rings. The molecule has 0 aliphatic carbocycles.